The standard InChI is InChI=1S/C28H33N3O5/c1-18(2)15-22(30-27(34)25-16-20-11-6-7-13-24(20)36-25)26(33)29-21-12-8-14-31(17-23(21)32)28(35)19-9-4-3-5-10-19/h3-7,9-11,13,16,18,21-23,32H,8,12,14-15,17H2,1-2H3,(H,29,33)(H,30,34). The van der Waals surface area contributed by atoms with Crippen LogP contribution in [0.1, 0.15) is 54.0 Å². The Bertz CT molecular complexity index is 1170. The van der Waals surface area contributed by atoms with E-state index >= 15 is 0 Å². The Hall–Kier alpha value is -3.65. The number of hydrogen-bond acceptors (Lipinski definition) is 5. The first kappa shape index (κ1) is 25.4. The predicted octanol–water partition coefficient (Wildman–Crippen LogP) is 3.36. The van der Waals surface area contributed by atoms with Crippen molar-refractivity contribution in [3.05, 3.63) is 72.0 Å². The molecule has 3 aromatic rings. The van der Waals surface area contributed by atoms with Crippen molar-refractivity contribution in [2.45, 2.75) is 51.3 Å². The summed E-state index contributed by atoms with van der Waals surface area (Å²) < 4.78 is 5.65. The lowest BCUT2D eigenvalue weighted by Gasteiger charge is -2.27. The number of aliphatic hydroxyl groups excluding tert-OH is 1. The van der Waals surface area contributed by atoms with Crippen LogP contribution in [0.3, 0.4) is 0 Å². The van der Waals surface area contributed by atoms with Crippen molar-refractivity contribution in [3.8, 4) is 0 Å². The van der Waals surface area contributed by atoms with Crippen LogP contribution >= 0.6 is 0 Å². The molecule has 0 radical (unpaired) electrons. The quantitative estimate of drug-likeness (QED) is 0.469. The molecule has 190 valence electrons. The van der Waals surface area contributed by atoms with E-state index in [9.17, 15) is 19.5 Å². The van der Waals surface area contributed by atoms with Crippen molar-refractivity contribution in [1.82, 2.24) is 15.5 Å². The topological polar surface area (TPSA) is 112 Å². The Morgan fingerprint density at radius 3 is 2.53 bits per heavy atom. The molecule has 1 aromatic heterocycles. The van der Waals surface area contributed by atoms with Crippen LogP contribution in [0.25, 0.3) is 11.0 Å². The molecule has 36 heavy (non-hydrogen) atoms. The van der Waals surface area contributed by atoms with Crippen LogP contribution in [0.5, 0.6) is 0 Å². The summed E-state index contributed by atoms with van der Waals surface area (Å²) >= 11 is 0. The third-order valence-electron chi connectivity index (χ3n) is 6.43. The molecule has 2 heterocycles. The number of rotatable bonds is 7. The van der Waals surface area contributed by atoms with Gasteiger partial charge < -0.3 is 25.1 Å². The lowest BCUT2D eigenvalue weighted by molar-refractivity contribution is -0.125. The number of hydrogen-bond donors (Lipinski definition) is 3. The zero-order valence-corrected chi connectivity index (χ0v) is 20.6. The van der Waals surface area contributed by atoms with Crippen LogP contribution in [0.15, 0.2) is 65.1 Å². The number of nitrogens with zero attached hydrogens (tertiary/aromatic N) is 1. The number of nitrogens with one attached hydrogen (secondary N) is 2. The predicted molar refractivity (Wildman–Crippen MR) is 136 cm³/mol. The molecule has 1 aliphatic heterocycles. The fourth-order valence-electron chi connectivity index (χ4n) is 4.56. The molecule has 0 saturated carbocycles. The van der Waals surface area contributed by atoms with E-state index in [1.54, 1.807) is 41.3 Å². The number of furan rings is 1. The molecule has 3 atom stereocenters. The SMILES string of the molecule is CC(C)CC(NC(=O)c1cc2ccccc2o1)C(=O)NC1CCCN(C(=O)c2ccccc2)CC1O. The molecule has 8 nitrogen and oxygen atoms in total. The van der Waals surface area contributed by atoms with Crippen molar-refractivity contribution < 1.29 is 23.9 Å². The second-order valence-corrected chi connectivity index (χ2v) is 9.75. The lowest BCUT2D eigenvalue weighted by atomic mass is 10.0. The van der Waals surface area contributed by atoms with E-state index in [0.29, 0.717) is 37.0 Å². The number of benzene rings is 2. The molecular weight excluding hydrogens is 458 g/mol. The average molecular weight is 492 g/mol. The number of carbonyl (C=O) groups is 3. The van der Waals surface area contributed by atoms with Gasteiger partial charge in [-0.15, -0.1) is 0 Å². The second kappa shape index (κ2) is 11.4. The van der Waals surface area contributed by atoms with E-state index in [1.807, 2.05) is 38.1 Å². The van der Waals surface area contributed by atoms with E-state index in [1.165, 1.54) is 0 Å². The second-order valence-electron chi connectivity index (χ2n) is 9.75. The number of amides is 3. The number of likely N-dealkylation sites (tertiary alicyclic amines) is 1. The van der Waals surface area contributed by atoms with Gasteiger partial charge in [-0.05, 0) is 49.4 Å². The Labute approximate surface area is 210 Å². The molecule has 0 bridgehead atoms. The molecule has 0 aliphatic carbocycles. The van der Waals surface area contributed by atoms with E-state index in [-0.39, 0.29) is 30.0 Å². The van der Waals surface area contributed by atoms with Crippen LogP contribution in [-0.2, 0) is 4.79 Å². The van der Waals surface area contributed by atoms with Gasteiger partial charge >= 0.3 is 0 Å². The number of para-hydroxylation sites is 1. The fraction of sp³-hybridized carbons (Fsp3) is 0.393. The van der Waals surface area contributed by atoms with E-state index < -0.39 is 24.1 Å². The first-order valence-electron chi connectivity index (χ1n) is 12.4. The zero-order chi connectivity index (χ0) is 25.7. The van der Waals surface area contributed by atoms with Crippen LogP contribution in [-0.4, -0.2) is 59.0 Å². The highest BCUT2D eigenvalue weighted by Crippen LogP contribution is 2.20. The van der Waals surface area contributed by atoms with Gasteiger partial charge in [-0.2, -0.15) is 0 Å². The first-order chi connectivity index (χ1) is 17.3. The lowest BCUT2D eigenvalue weighted by Crippen LogP contribution is -2.54. The minimum absolute atomic E-state index is 0.124. The molecule has 1 fully saturated rings. The van der Waals surface area contributed by atoms with E-state index in [4.69, 9.17) is 4.42 Å². The Morgan fingerprint density at radius 2 is 1.81 bits per heavy atom. The molecule has 3 amide bonds. The Balaban J connectivity index is 1.41. The number of carbonyl (C=O) groups excluding carboxylic acids is 3. The molecular formula is C28H33N3O5. The summed E-state index contributed by atoms with van der Waals surface area (Å²) in [6.45, 7) is 4.57. The number of aliphatic hydroxyl groups is 1. The average Bonchev–Trinajstić information content (AvgIpc) is 3.23. The minimum Gasteiger partial charge on any atom is -0.451 e. The normalized spacial score (nSPS) is 19.1. The molecule has 3 unspecified atom stereocenters. The maximum absolute atomic E-state index is 13.2. The third-order valence-corrected chi connectivity index (χ3v) is 6.43. The highest BCUT2D eigenvalue weighted by atomic mass is 16.3. The monoisotopic (exact) mass is 491 g/mol. The summed E-state index contributed by atoms with van der Waals surface area (Å²) in [5, 5.41) is 17.4. The molecule has 1 aliphatic rings. The number of β-amino-alcohol motifs (C(OH)–C–C–N with tert-alkyl or cyclic N) is 1. The summed E-state index contributed by atoms with van der Waals surface area (Å²) in [6, 6.07) is 16.6. The van der Waals surface area contributed by atoms with E-state index in [0.717, 1.165) is 5.39 Å². The summed E-state index contributed by atoms with van der Waals surface area (Å²) in [7, 11) is 0. The van der Waals surface area contributed by atoms with Crippen molar-refractivity contribution in [2.24, 2.45) is 5.92 Å². The number of fused-ring (bicyclic) bond motifs is 1. The molecule has 1 saturated heterocycles. The Morgan fingerprint density at radius 1 is 1.08 bits per heavy atom. The van der Waals surface area contributed by atoms with Crippen LogP contribution in [0, 0.1) is 5.92 Å². The van der Waals surface area contributed by atoms with Crippen LogP contribution < -0.4 is 10.6 Å². The molecule has 8 heteroatoms. The Kier molecular flexibility index (Phi) is 8.05. The van der Waals surface area contributed by atoms with E-state index in [2.05, 4.69) is 10.6 Å². The van der Waals surface area contributed by atoms with Crippen LogP contribution in [0.2, 0.25) is 0 Å². The fourth-order valence-corrected chi connectivity index (χ4v) is 4.56. The third kappa shape index (κ3) is 6.12. The van der Waals surface area contributed by atoms with Gasteiger partial charge in [0.05, 0.1) is 12.1 Å². The highest BCUT2D eigenvalue weighted by molar-refractivity contribution is 5.98. The van der Waals surface area contributed by atoms with Crippen molar-refractivity contribution in [3.63, 3.8) is 0 Å². The van der Waals surface area contributed by atoms with Gasteiger partial charge in [-0.25, -0.2) is 0 Å². The van der Waals surface area contributed by atoms with Gasteiger partial charge in [0.2, 0.25) is 5.91 Å². The zero-order valence-electron chi connectivity index (χ0n) is 20.6. The van der Waals surface area contributed by atoms with Crippen molar-refractivity contribution in [2.75, 3.05) is 13.1 Å². The molecule has 4 rings (SSSR count). The van der Waals surface area contributed by atoms with Gasteiger partial charge in [0.25, 0.3) is 11.8 Å². The maximum Gasteiger partial charge on any atom is 0.287 e. The van der Waals surface area contributed by atoms with Gasteiger partial charge in [0, 0.05) is 24.0 Å². The smallest absolute Gasteiger partial charge is 0.287 e. The maximum atomic E-state index is 13.2. The van der Waals surface area contributed by atoms with Gasteiger partial charge in [-0.1, -0.05) is 50.2 Å². The summed E-state index contributed by atoms with van der Waals surface area (Å²) in [4.78, 5) is 40.6. The summed E-state index contributed by atoms with van der Waals surface area (Å²) in [5.41, 5.74) is 1.17. The molecule has 3 N–H and O–H groups in total. The van der Waals surface area contributed by atoms with Crippen LogP contribution in [0.4, 0.5) is 0 Å². The van der Waals surface area contributed by atoms with Crippen molar-refractivity contribution >= 4 is 28.7 Å². The van der Waals surface area contributed by atoms with Gasteiger partial charge in [-0.3, -0.25) is 14.4 Å². The van der Waals surface area contributed by atoms with Gasteiger partial charge in [0.15, 0.2) is 5.76 Å². The highest BCUT2D eigenvalue weighted by Gasteiger charge is 2.32. The first-order valence-corrected chi connectivity index (χ1v) is 12.4. The van der Waals surface area contributed by atoms with Crippen molar-refractivity contribution in [1.29, 1.82) is 0 Å². The largest absolute Gasteiger partial charge is 0.451 e. The van der Waals surface area contributed by atoms with Gasteiger partial charge in [0.1, 0.15) is 11.6 Å². The molecule has 0 spiro atoms. The summed E-state index contributed by atoms with van der Waals surface area (Å²) in [5.74, 6) is -0.678. The summed E-state index contributed by atoms with van der Waals surface area (Å²) in [6.07, 6.45) is 0.673. The minimum atomic E-state index is -0.921. The molecule has 2 aromatic carbocycles.